The molecular weight excluding hydrogens is 250 g/mol. The summed E-state index contributed by atoms with van der Waals surface area (Å²) in [5, 5.41) is 6.87. The highest BCUT2D eigenvalue weighted by Crippen LogP contribution is 2.23. The standard InChI is InChI=1S/C16H15N3O/c17-16-10-15(18-19-16)13-7-4-8-14(9-13)20-11-12-5-2-1-3-6-12/h1-10H,11H2,(H3,17,18,19). The predicted octanol–water partition coefficient (Wildman–Crippen LogP) is 3.24. The SMILES string of the molecule is Nc1cc(-c2cccc(OCc3ccccc3)c2)n[nH]1. The van der Waals surface area contributed by atoms with Gasteiger partial charge in [-0.15, -0.1) is 0 Å². The fraction of sp³-hybridized carbons (Fsp3) is 0.0625. The van der Waals surface area contributed by atoms with Crippen LogP contribution in [-0.4, -0.2) is 10.2 Å². The average Bonchev–Trinajstić information content (AvgIpc) is 2.93. The fourth-order valence-corrected chi connectivity index (χ4v) is 1.97. The summed E-state index contributed by atoms with van der Waals surface area (Å²) >= 11 is 0. The Morgan fingerprint density at radius 2 is 1.85 bits per heavy atom. The topological polar surface area (TPSA) is 63.9 Å². The molecule has 0 aliphatic heterocycles. The molecule has 0 bridgehead atoms. The molecule has 1 aromatic heterocycles. The number of nitrogens with zero attached hydrogens (tertiary/aromatic N) is 1. The number of H-pyrrole nitrogens is 1. The number of hydrogen-bond acceptors (Lipinski definition) is 3. The quantitative estimate of drug-likeness (QED) is 0.761. The van der Waals surface area contributed by atoms with Gasteiger partial charge in [0.25, 0.3) is 0 Å². The van der Waals surface area contributed by atoms with Crippen LogP contribution in [0.2, 0.25) is 0 Å². The third-order valence-corrected chi connectivity index (χ3v) is 2.98. The second-order valence-corrected chi connectivity index (χ2v) is 4.51. The fourth-order valence-electron chi connectivity index (χ4n) is 1.97. The number of aromatic nitrogens is 2. The summed E-state index contributed by atoms with van der Waals surface area (Å²) in [6, 6.07) is 19.7. The van der Waals surface area contributed by atoms with Crippen LogP contribution in [0, 0.1) is 0 Å². The normalized spacial score (nSPS) is 10.4. The molecule has 3 N–H and O–H groups in total. The molecule has 0 radical (unpaired) electrons. The molecule has 0 fully saturated rings. The summed E-state index contributed by atoms with van der Waals surface area (Å²) in [5.41, 5.74) is 8.57. The Bertz CT molecular complexity index is 692. The van der Waals surface area contributed by atoms with Gasteiger partial charge < -0.3 is 10.5 Å². The summed E-state index contributed by atoms with van der Waals surface area (Å²) < 4.78 is 5.79. The van der Waals surface area contributed by atoms with E-state index in [1.807, 2.05) is 54.6 Å². The van der Waals surface area contributed by atoms with Crippen LogP contribution < -0.4 is 10.5 Å². The van der Waals surface area contributed by atoms with Gasteiger partial charge in [-0.25, -0.2) is 0 Å². The van der Waals surface area contributed by atoms with E-state index < -0.39 is 0 Å². The van der Waals surface area contributed by atoms with Gasteiger partial charge in [0.2, 0.25) is 0 Å². The van der Waals surface area contributed by atoms with E-state index in [2.05, 4.69) is 10.2 Å². The largest absolute Gasteiger partial charge is 0.489 e. The van der Waals surface area contributed by atoms with Crippen molar-refractivity contribution in [3.8, 4) is 17.0 Å². The summed E-state index contributed by atoms with van der Waals surface area (Å²) in [5.74, 6) is 1.36. The minimum absolute atomic E-state index is 0.549. The van der Waals surface area contributed by atoms with Crippen molar-refractivity contribution < 1.29 is 4.74 Å². The van der Waals surface area contributed by atoms with E-state index in [1.54, 1.807) is 6.07 Å². The zero-order valence-electron chi connectivity index (χ0n) is 10.9. The Morgan fingerprint density at radius 1 is 1.00 bits per heavy atom. The number of benzene rings is 2. The van der Waals surface area contributed by atoms with E-state index in [9.17, 15) is 0 Å². The van der Waals surface area contributed by atoms with Crippen LogP contribution in [0.5, 0.6) is 5.75 Å². The van der Waals surface area contributed by atoms with Gasteiger partial charge in [0.1, 0.15) is 18.2 Å². The first-order valence-electron chi connectivity index (χ1n) is 6.39. The number of aromatic amines is 1. The molecule has 20 heavy (non-hydrogen) atoms. The minimum atomic E-state index is 0.549. The van der Waals surface area contributed by atoms with Gasteiger partial charge in [0.05, 0.1) is 5.69 Å². The maximum Gasteiger partial charge on any atom is 0.120 e. The van der Waals surface area contributed by atoms with E-state index >= 15 is 0 Å². The van der Waals surface area contributed by atoms with Crippen molar-refractivity contribution in [2.24, 2.45) is 0 Å². The highest BCUT2D eigenvalue weighted by molar-refractivity contribution is 5.63. The van der Waals surface area contributed by atoms with E-state index in [4.69, 9.17) is 10.5 Å². The first-order chi connectivity index (χ1) is 9.81. The number of nitrogen functional groups attached to an aromatic ring is 1. The van der Waals surface area contributed by atoms with E-state index in [-0.39, 0.29) is 0 Å². The van der Waals surface area contributed by atoms with Crippen LogP contribution in [0.4, 0.5) is 5.82 Å². The maximum absolute atomic E-state index is 5.79. The summed E-state index contributed by atoms with van der Waals surface area (Å²) in [7, 11) is 0. The van der Waals surface area contributed by atoms with Crippen molar-refractivity contribution in [2.45, 2.75) is 6.61 Å². The van der Waals surface area contributed by atoms with Crippen LogP contribution in [0.1, 0.15) is 5.56 Å². The number of anilines is 1. The molecule has 2 aromatic carbocycles. The molecule has 1 heterocycles. The summed E-state index contributed by atoms with van der Waals surface area (Å²) in [4.78, 5) is 0. The second kappa shape index (κ2) is 5.48. The molecule has 0 spiro atoms. The van der Waals surface area contributed by atoms with Gasteiger partial charge in [0.15, 0.2) is 0 Å². The van der Waals surface area contributed by atoms with Crippen LogP contribution >= 0.6 is 0 Å². The molecule has 0 aliphatic carbocycles. The molecule has 0 unspecified atom stereocenters. The lowest BCUT2D eigenvalue weighted by atomic mass is 10.1. The van der Waals surface area contributed by atoms with Crippen molar-refractivity contribution in [1.29, 1.82) is 0 Å². The Kier molecular flexibility index (Phi) is 3.37. The number of nitrogens with two attached hydrogens (primary N) is 1. The number of hydrogen-bond donors (Lipinski definition) is 2. The molecule has 4 heteroatoms. The third-order valence-electron chi connectivity index (χ3n) is 2.98. The molecule has 100 valence electrons. The first kappa shape index (κ1) is 12.3. The van der Waals surface area contributed by atoms with E-state index in [0.29, 0.717) is 12.4 Å². The number of nitrogens with one attached hydrogen (secondary N) is 1. The Hall–Kier alpha value is -2.75. The molecule has 3 aromatic rings. The smallest absolute Gasteiger partial charge is 0.120 e. The molecule has 3 rings (SSSR count). The van der Waals surface area contributed by atoms with Crippen LogP contribution in [0.15, 0.2) is 60.7 Å². The van der Waals surface area contributed by atoms with E-state index in [1.165, 1.54) is 0 Å². The molecule has 0 saturated carbocycles. The highest BCUT2D eigenvalue weighted by atomic mass is 16.5. The van der Waals surface area contributed by atoms with Gasteiger partial charge in [-0.1, -0.05) is 42.5 Å². The lowest BCUT2D eigenvalue weighted by Crippen LogP contribution is -1.95. The molecule has 0 saturated heterocycles. The molecule has 0 atom stereocenters. The molecule has 0 amide bonds. The molecule has 4 nitrogen and oxygen atoms in total. The summed E-state index contributed by atoms with van der Waals surface area (Å²) in [6.07, 6.45) is 0. The number of ether oxygens (including phenoxy) is 1. The zero-order valence-corrected chi connectivity index (χ0v) is 10.9. The third kappa shape index (κ3) is 2.80. The molecule has 0 aliphatic rings. The lowest BCUT2D eigenvalue weighted by molar-refractivity contribution is 0.306. The van der Waals surface area contributed by atoms with Crippen LogP contribution in [0.25, 0.3) is 11.3 Å². The minimum Gasteiger partial charge on any atom is -0.489 e. The Labute approximate surface area is 117 Å². The van der Waals surface area contributed by atoms with Gasteiger partial charge in [-0.2, -0.15) is 5.10 Å². The van der Waals surface area contributed by atoms with Gasteiger partial charge in [-0.05, 0) is 17.7 Å². The highest BCUT2D eigenvalue weighted by Gasteiger charge is 2.04. The number of rotatable bonds is 4. The maximum atomic E-state index is 5.79. The van der Waals surface area contributed by atoms with Crippen molar-refractivity contribution >= 4 is 5.82 Å². The van der Waals surface area contributed by atoms with Crippen molar-refractivity contribution in [3.05, 3.63) is 66.2 Å². The van der Waals surface area contributed by atoms with Gasteiger partial charge >= 0.3 is 0 Å². The second-order valence-electron chi connectivity index (χ2n) is 4.51. The lowest BCUT2D eigenvalue weighted by Gasteiger charge is -2.07. The van der Waals surface area contributed by atoms with Crippen molar-refractivity contribution in [3.63, 3.8) is 0 Å². The zero-order chi connectivity index (χ0) is 13.8. The van der Waals surface area contributed by atoms with Crippen LogP contribution in [0.3, 0.4) is 0 Å². The van der Waals surface area contributed by atoms with Crippen molar-refractivity contribution in [1.82, 2.24) is 10.2 Å². The van der Waals surface area contributed by atoms with Crippen molar-refractivity contribution in [2.75, 3.05) is 5.73 Å². The van der Waals surface area contributed by atoms with Crippen LogP contribution in [-0.2, 0) is 6.61 Å². The van der Waals surface area contributed by atoms with Gasteiger partial charge in [0, 0.05) is 11.6 Å². The molecular formula is C16H15N3O. The first-order valence-corrected chi connectivity index (χ1v) is 6.39. The monoisotopic (exact) mass is 265 g/mol. The van der Waals surface area contributed by atoms with E-state index in [0.717, 1.165) is 22.6 Å². The van der Waals surface area contributed by atoms with Gasteiger partial charge in [-0.3, -0.25) is 5.10 Å². The summed E-state index contributed by atoms with van der Waals surface area (Å²) in [6.45, 7) is 0.549. The Balaban J connectivity index is 1.75. The Morgan fingerprint density at radius 3 is 2.60 bits per heavy atom. The average molecular weight is 265 g/mol. The predicted molar refractivity (Wildman–Crippen MR) is 79.2 cm³/mol.